The van der Waals surface area contributed by atoms with E-state index in [0.717, 1.165) is 11.9 Å². The number of carbonyl (C=O) groups excluding carboxylic acids is 1. The summed E-state index contributed by atoms with van der Waals surface area (Å²) < 4.78 is 0. The average molecular weight is 274 g/mol. The maximum Gasteiger partial charge on any atom is 0.225 e. The molecule has 1 saturated carbocycles. The summed E-state index contributed by atoms with van der Waals surface area (Å²) in [6.45, 7) is 5.32. The van der Waals surface area contributed by atoms with Crippen LogP contribution in [0.15, 0.2) is 0 Å². The molecular formula is C12H20BrNO. The molecule has 3 atom stereocenters. The molecule has 2 fully saturated rings. The first-order chi connectivity index (χ1) is 7.15. The summed E-state index contributed by atoms with van der Waals surface area (Å²) in [6.07, 6.45) is 3.68. The molecule has 3 unspecified atom stereocenters. The molecule has 0 radical (unpaired) electrons. The van der Waals surface area contributed by atoms with Gasteiger partial charge in [0.2, 0.25) is 5.91 Å². The molecule has 1 aliphatic carbocycles. The van der Waals surface area contributed by atoms with Gasteiger partial charge < -0.3 is 4.90 Å². The topological polar surface area (TPSA) is 20.3 Å². The Morgan fingerprint density at radius 2 is 2.13 bits per heavy atom. The summed E-state index contributed by atoms with van der Waals surface area (Å²) in [5.74, 6) is 1.99. The molecule has 0 N–H and O–H groups in total. The van der Waals surface area contributed by atoms with Gasteiger partial charge >= 0.3 is 0 Å². The fourth-order valence-corrected chi connectivity index (χ4v) is 3.56. The number of rotatable bonds is 3. The summed E-state index contributed by atoms with van der Waals surface area (Å²) in [5.41, 5.74) is 0. The van der Waals surface area contributed by atoms with Gasteiger partial charge in [-0.25, -0.2) is 0 Å². The molecule has 15 heavy (non-hydrogen) atoms. The van der Waals surface area contributed by atoms with E-state index >= 15 is 0 Å². The van der Waals surface area contributed by atoms with Crippen molar-refractivity contribution in [3.05, 3.63) is 0 Å². The molecule has 0 bridgehead atoms. The normalized spacial score (nSPS) is 33.1. The standard InChI is InChI=1S/C12H20BrNO/c1-8-5-6-14(11(8)7-13)12(15)9(2)10-3-4-10/h8-11H,3-7H2,1-2H3. The second-order valence-electron chi connectivity index (χ2n) is 5.15. The van der Waals surface area contributed by atoms with Crippen molar-refractivity contribution in [2.75, 3.05) is 11.9 Å². The molecule has 0 aromatic heterocycles. The number of hydrogen-bond donors (Lipinski definition) is 0. The molecule has 2 aliphatic rings. The van der Waals surface area contributed by atoms with E-state index in [1.807, 2.05) is 0 Å². The SMILES string of the molecule is CC1CCN(C(=O)C(C)C2CC2)C1CBr. The number of carbonyl (C=O) groups is 1. The summed E-state index contributed by atoms with van der Waals surface area (Å²) in [5, 5.41) is 0.928. The lowest BCUT2D eigenvalue weighted by atomic mass is 10.0. The maximum atomic E-state index is 12.2. The molecule has 2 nitrogen and oxygen atoms in total. The van der Waals surface area contributed by atoms with Crippen molar-refractivity contribution in [1.82, 2.24) is 4.90 Å². The zero-order valence-electron chi connectivity index (χ0n) is 9.58. The van der Waals surface area contributed by atoms with Gasteiger partial charge in [-0.1, -0.05) is 29.8 Å². The molecule has 1 saturated heterocycles. The predicted octanol–water partition coefficient (Wildman–Crippen LogP) is 2.66. The lowest BCUT2D eigenvalue weighted by Gasteiger charge is -2.28. The Bertz CT molecular complexity index is 252. The van der Waals surface area contributed by atoms with Crippen molar-refractivity contribution in [3.63, 3.8) is 0 Å². The van der Waals surface area contributed by atoms with Crippen LogP contribution in [-0.2, 0) is 4.79 Å². The average Bonchev–Trinajstić information content (AvgIpc) is 3.00. The molecule has 86 valence electrons. The second-order valence-corrected chi connectivity index (χ2v) is 5.79. The van der Waals surface area contributed by atoms with E-state index < -0.39 is 0 Å². The zero-order chi connectivity index (χ0) is 11.0. The minimum absolute atomic E-state index is 0.261. The minimum Gasteiger partial charge on any atom is -0.338 e. The highest BCUT2D eigenvalue weighted by Gasteiger charge is 2.40. The van der Waals surface area contributed by atoms with Crippen LogP contribution in [-0.4, -0.2) is 28.7 Å². The first-order valence-electron chi connectivity index (χ1n) is 6.01. The smallest absolute Gasteiger partial charge is 0.225 e. The van der Waals surface area contributed by atoms with Crippen molar-refractivity contribution in [2.45, 2.75) is 39.2 Å². The van der Waals surface area contributed by atoms with Crippen LogP contribution in [0, 0.1) is 17.8 Å². The minimum atomic E-state index is 0.261. The fourth-order valence-electron chi connectivity index (χ4n) is 2.58. The number of hydrogen-bond acceptors (Lipinski definition) is 1. The third-order valence-corrected chi connectivity index (χ3v) is 4.71. The van der Waals surface area contributed by atoms with Gasteiger partial charge in [0.15, 0.2) is 0 Å². The number of alkyl halides is 1. The Morgan fingerprint density at radius 1 is 1.47 bits per heavy atom. The Balaban J connectivity index is 1.99. The lowest BCUT2D eigenvalue weighted by Crippen LogP contribution is -2.41. The van der Waals surface area contributed by atoms with E-state index in [1.54, 1.807) is 0 Å². The van der Waals surface area contributed by atoms with Crippen LogP contribution < -0.4 is 0 Å². The van der Waals surface area contributed by atoms with Crippen molar-refractivity contribution in [1.29, 1.82) is 0 Å². The van der Waals surface area contributed by atoms with Crippen molar-refractivity contribution in [3.8, 4) is 0 Å². The van der Waals surface area contributed by atoms with Gasteiger partial charge in [0.1, 0.15) is 0 Å². The molecule has 0 spiro atoms. The Morgan fingerprint density at radius 3 is 2.67 bits per heavy atom. The summed E-state index contributed by atoms with van der Waals surface area (Å²) in [7, 11) is 0. The van der Waals surface area contributed by atoms with E-state index in [1.165, 1.54) is 19.3 Å². The number of amides is 1. The van der Waals surface area contributed by atoms with E-state index in [2.05, 4.69) is 34.7 Å². The highest BCUT2D eigenvalue weighted by molar-refractivity contribution is 9.09. The third kappa shape index (κ3) is 2.22. The summed E-state index contributed by atoms with van der Waals surface area (Å²) >= 11 is 3.53. The molecular weight excluding hydrogens is 254 g/mol. The molecule has 1 heterocycles. The predicted molar refractivity (Wildman–Crippen MR) is 65.0 cm³/mol. The van der Waals surface area contributed by atoms with Crippen molar-refractivity contribution >= 4 is 21.8 Å². The second kappa shape index (κ2) is 4.44. The van der Waals surface area contributed by atoms with Gasteiger partial charge in [-0.2, -0.15) is 0 Å². The van der Waals surface area contributed by atoms with Crippen LogP contribution >= 0.6 is 15.9 Å². The molecule has 0 aromatic rings. The van der Waals surface area contributed by atoms with Crippen LogP contribution in [0.1, 0.15) is 33.1 Å². The van der Waals surface area contributed by atoms with Gasteiger partial charge in [-0.3, -0.25) is 4.79 Å². The maximum absolute atomic E-state index is 12.2. The van der Waals surface area contributed by atoms with Crippen LogP contribution in [0.2, 0.25) is 0 Å². The molecule has 1 aliphatic heterocycles. The summed E-state index contributed by atoms with van der Waals surface area (Å²) in [6, 6.07) is 0.429. The van der Waals surface area contributed by atoms with Crippen LogP contribution in [0.4, 0.5) is 0 Å². The fraction of sp³-hybridized carbons (Fsp3) is 0.917. The summed E-state index contributed by atoms with van der Waals surface area (Å²) in [4.78, 5) is 14.4. The number of halogens is 1. The Kier molecular flexibility index (Phi) is 3.39. The molecule has 0 aromatic carbocycles. The van der Waals surface area contributed by atoms with E-state index in [4.69, 9.17) is 0 Å². The van der Waals surface area contributed by atoms with Gasteiger partial charge in [0, 0.05) is 23.8 Å². The Hall–Kier alpha value is -0.0500. The molecule has 2 rings (SSSR count). The van der Waals surface area contributed by atoms with Crippen molar-refractivity contribution < 1.29 is 4.79 Å². The zero-order valence-corrected chi connectivity index (χ0v) is 11.2. The first kappa shape index (κ1) is 11.4. The van der Waals surface area contributed by atoms with Crippen LogP contribution in [0.25, 0.3) is 0 Å². The third-order valence-electron chi connectivity index (χ3n) is 4.04. The Labute approximate surface area is 101 Å². The molecule has 3 heteroatoms. The van der Waals surface area contributed by atoms with Crippen LogP contribution in [0.5, 0.6) is 0 Å². The van der Waals surface area contributed by atoms with Crippen LogP contribution in [0.3, 0.4) is 0 Å². The van der Waals surface area contributed by atoms with Gasteiger partial charge in [-0.05, 0) is 31.1 Å². The monoisotopic (exact) mass is 273 g/mol. The lowest BCUT2D eigenvalue weighted by molar-refractivity contribution is -0.136. The molecule has 1 amide bonds. The number of nitrogens with zero attached hydrogens (tertiary/aromatic N) is 1. The van der Waals surface area contributed by atoms with Gasteiger partial charge in [-0.15, -0.1) is 0 Å². The highest BCUT2D eigenvalue weighted by atomic mass is 79.9. The van der Waals surface area contributed by atoms with Gasteiger partial charge in [0.05, 0.1) is 0 Å². The van der Waals surface area contributed by atoms with E-state index in [-0.39, 0.29) is 5.92 Å². The van der Waals surface area contributed by atoms with Crippen molar-refractivity contribution in [2.24, 2.45) is 17.8 Å². The highest BCUT2D eigenvalue weighted by Crippen LogP contribution is 2.39. The van der Waals surface area contributed by atoms with Gasteiger partial charge in [0.25, 0.3) is 0 Å². The quantitative estimate of drug-likeness (QED) is 0.724. The number of likely N-dealkylation sites (tertiary alicyclic amines) is 1. The van der Waals surface area contributed by atoms with E-state index in [0.29, 0.717) is 23.8 Å². The largest absolute Gasteiger partial charge is 0.338 e. The van der Waals surface area contributed by atoms with E-state index in [9.17, 15) is 4.79 Å². The first-order valence-corrected chi connectivity index (χ1v) is 7.13.